The van der Waals surface area contributed by atoms with Crippen LogP contribution < -0.4 is 10.6 Å². The van der Waals surface area contributed by atoms with Crippen LogP contribution in [0.4, 0.5) is 4.79 Å². The van der Waals surface area contributed by atoms with Crippen molar-refractivity contribution in [3.05, 3.63) is 0 Å². The highest BCUT2D eigenvalue weighted by molar-refractivity contribution is 5.67. The van der Waals surface area contributed by atoms with E-state index in [2.05, 4.69) is 29.2 Å². The van der Waals surface area contributed by atoms with Gasteiger partial charge in [-0.15, -0.1) is 0 Å². The number of hydrogen-bond donors (Lipinski definition) is 2. The van der Waals surface area contributed by atoms with Gasteiger partial charge in [0.05, 0.1) is 7.11 Å². The molecular formula is C10H22N2O2. The number of carbonyl (C=O) groups excluding carboxylic acids is 1. The molecule has 2 N–H and O–H groups in total. The number of amides is 1. The van der Waals surface area contributed by atoms with E-state index in [4.69, 9.17) is 0 Å². The third-order valence-electron chi connectivity index (χ3n) is 2.19. The van der Waals surface area contributed by atoms with Gasteiger partial charge in [-0.25, -0.2) is 4.79 Å². The average molecular weight is 202 g/mol. The van der Waals surface area contributed by atoms with Crippen molar-refractivity contribution in [2.45, 2.75) is 45.2 Å². The highest BCUT2D eigenvalue weighted by Crippen LogP contribution is 2.19. The number of carbonyl (C=O) groups is 1. The molecule has 0 aliphatic heterocycles. The standard InChI is InChI=1S/C10H22N2O2/c1-9(2,11-5)7-10(3,4)12-8(13)14-6/h11H,7H2,1-6H3,(H,12,13). The van der Waals surface area contributed by atoms with Crippen LogP contribution in [0.2, 0.25) is 0 Å². The van der Waals surface area contributed by atoms with E-state index in [-0.39, 0.29) is 17.2 Å². The van der Waals surface area contributed by atoms with Crippen molar-refractivity contribution >= 4 is 6.09 Å². The average Bonchev–Trinajstić information content (AvgIpc) is 2.01. The summed E-state index contributed by atoms with van der Waals surface area (Å²) in [5.74, 6) is 0. The molecule has 0 heterocycles. The molecule has 0 fully saturated rings. The van der Waals surface area contributed by atoms with Crippen LogP contribution in [0.5, 0.6) is 0 Å². The van der Waals surface area contributed by atoms with Gasteiger partial charge in [-0.2, -0.15) is 0 Å². The van der Waals surface area contributed by atoms with Gasteiger partial charge in [0.2, 0.25) is 0 Å². The monoisotopic (exact) mass is 202 g/mol. The molecule has 84 valence electrons. The van der Waals surface area contributed by atoms with Gasteiger partial charge >= 0.3 is 6.09 Å². The zero-order valence-corrected chi connectivity index (χ0v) is 10.0. The highest BCUT2D eigenvalue weighted by Gasteiger charge is 2.29. The summed E-state index contributed by atoms with van der Waals surface area (Å²) in [7, 11) is 3.28. The lowest BCUT2D eigenvalue weighted by atomic mass is 9.87. The molecule has 4 nitrogen and oxygen atoms in total. The fraction of sp³-hybridized carbons (Fsp3) is 0.900. The SMILES string of the molecule is CNC(C)(C)CC(C)(C)NC(=O)OC. The van der Waals surface area contributed by atoms with Crippen LogP contribution in [0.15, 0.2) is 0 Å². The van der Waals surface area contributed by atoms with Gasteiger partial charge < -0.3 is 15.4 Å². The molecule has 0 atom stereocenters. The summed E-state index contributed by atoms with van der Waals surface area (Å²) >= 11 is 0. The molecule has 1 amide bonds. The Morgan fingerprint density at radius 3 is 2.07 bits per heavy atom. The van der Waals surface area contributed by atoms with Crippen molar-refractivity contribution in [1.29, 1.82) is 0 Å². The van der Waals surface area contributed by atoms with E-state index in [0.29, 0.717) is 0 Å². The van der Waals surface area contributed by atoms with E-state index < -0.39 is 0 Å². The van der Waals surface area contributed by atoms with Gasteiger partial charge in [-0.05, 0) is 41.2 Å². The molecule has 0 aliphatic rings. The number of rotatable bonds is 4. The van der Waals surface area contributed by atoms with E-state index in [1.54, 1.807) is 0 Å². The summed E-state index contributed by atoms with van der Waals surface area (Å²) < 4.78 is 4.56. The topological polar surface area (TPSA) is 50.4 Å². The first kappa shape index (κ1) is 13.2. The van der Waals surface area contributed by atoms with Crippen molar-refractivity contribution in [2.24, 2.45) is 0 Å². The van der Waals surface area contributed by atoms with E-state index in [0.717, 1.165) is 6.42 Å². The predicted octanol–water partition coefficient (Wildman–Crippen LogP) is 1.51. The smallest absolute Gasteiger partial charge is 0.407 e. The summed E-state index contributed by atoms with van der Waals surface area (Å²) in [4.78, 5) is 11.0. The molecule has 0 aromatic rings. The molecule has 0 aliphatic carbocycles. The number of nitrogens with one attached hydrogen (secondary N) is 2. The zero-order valence-electron chi connectivity index (χ0n) is 10.0. The first-order chi connectivity index (χ1) is 6.22. The molecule has 0 unspecified atom stereocenters. The number of hydrogen-bond acceptors (Lipinski definition) is 3. The molecule has 0 aromatic carbocycles. The molecule has 0 spiro atoms. The fourth-order valence-electron chi connectivity index (χ4n) is 1.56. The normalized spacial score (nSPS) is 12.4. The molecule has 0 radical (unpaired) electrons. The van der Waals surface area contributed by atoms with Crippen LogP contribution in [0.25, 0.3) is 0 Å². The van der Waals surface area contributed by atoms with Gasteiger partial charge in [0, 0.05) is 11.1 Å². The van der Waals surface area contributed by atoms with E-state index in [9.17, 15) is 4.79 Å². The van der Waals surface area contributed by atoms with Crippen LogP contribution >= 0.6 is 0 Å². The minimum Gasteiger partial charge on any atom is -0.453 e. The zero-order chi connectivity index (χ0) is 11.4. The summed E-state index contributed by atoms with van der Waals surface area (Å²) in [5, 5.41) is 5.99. The van der Waals surface area contributed by atoms with Crippen molar-refractivity contribution in [1.82, 2.24) is 10.6 Å². The van der Waals surface area contributed by atoms with E-state index >= 15 is 0 Å². The molecule has 0 bridgehead atoms. The number of methoxy groups -OCH3 is 1. The van der Waals surface area contributed by atoms with Gasteiger partial charge in [0.1, 0.15) is 0 Å². The van der Waals surface area contributed by atoms with Gasteiger partial charge in [-0.1, -0.05) is 0 Å². The maximum Gasteiger partial charge on any atom is 0.407 e. The minimum atomic E-state index is -0.387. The molecule has 4 heteroatoms. The Kier molecular flexibility index (Phi) is 4.39. The van der Waals surface area contributed by atoms with E-state index in [1.165, 1.54) is 7.11 Å². The van der Waals surface area contributed by atoms with Crippen LogP contribution in [0, 0.1) is 0 Å². The van der Waals surface area contributed by atoms with Crippen molar-refractivity contribution < 1.29 is 9.53 Å². The lowest BCUT2D eigenvalue weighted by Crippen LogP contribution is -2.51. The second-order valence-electron chi connectivity index (χ2n) is 4.81. The lowest BCUT2D eigenvalue weighted by molar-refractivity contribution is 0.152. The summed E-state index contributed by atoms with van der Waals surface area (Å²) in [6.45, 7) is 8.13. The molecule has 0 aromatic heterocycles. The maximum absolute atomic E-state index is 11.0. The highest BCUT2D eigenvalue weighted by atomic mass is 16.5. The summed E-state index contributed by atoms with van der Waals surface area (Å²) in [6.07, 6.45) is 0.438. The second kappa shape index (κ2) is 4.64. The minimum absolute atomic E-state index is 0.00940. The van der Waals surface area contributed by atoms with Gasteiger partial charge in [0.15, 0.2) is 0 Å². The Balaban J connectivity index is 4.26. The molecule has 0 rings (SSSR count). The van der Waals surface area contributed by atoms with Gasteiger partial charge in [0.25, 0.3) is 0 Å². The van der Waals surface area contributed by atoms with Crippen molar-refractivity contribution in [3.63, 3.8) is 0 Å². The van der Waals surface area contributed by atoms with Crippen LogP contribution in [-0.4, -0.2) is 31.3 Å². The fourth-order valence-corrected chi connectivity index (χ4v) is 1.56. The van der Waals surface area contributed by atoms with Crippen LogP contribution in [-0.2, 0) is 4.74 Å². The third-order valence-corrected chi connectivity index (χ3v) is 2.19. The Morgan fingerprint density at radius 1 is 1.21 bits per heavy atom. The lowest BCUT2D eigenvalue weighted by Gasteiger charge is -2.34. The Labute approximate surface area is 86.4 Å². The molecule has 0 saturated carbocycles. The summed E-state index contributed by atoms with van der Waals surface area (Å²) in [6, 6.07) is 0. The second-order valence-corrected chi connectivity index (χ2v) is 4.81. The Morgan fingerprint density at radius 2 is 1.71 bits per heavy atom. The maximum atomic E-state index is 11.0. The molecule has 14 heavy (non-hydrogen) atoms. The first-order valence-electron chi connectivity index (χ1n) is 4.77. The van der Waals surface area contributed by atoms with Crippen LogP contribution in [0.1, 0.15) is 34.1 Å². The Hall–Kier alpha value is -0.770. The summed E-state index contributed by atoms with van der Waals surface area (Å²) in [5.41, 5.74) is -0.288. The number of alkyl carbamates (subject to hydrolysis) is 1. The van der Waals surface area contributed by atoms with Crippen LogP contribution in [0.3, 0.4) is 0 Å². The third kappa shape index (κ3) is 5.07. The molecular weight excluding hydrogens is 180 g/mol. The van der Waals surface area contributed by atoms with Gasteiger partial charge in [-0.3, -0.25) is 0 Å². The quantitative estimate of drug-likeness (QED) is 0.726. The van der Waals surface area contributed by atoms with Crippen molar-refractivity contribution in [2.75, 3.05) is 14.2 Å². The van der Waals surface area contributed by atoms with Crippen molar-refractivity contribution in [3.8, 4) is 0 Å². The Bertz CT molecular complexity index is 200. The first-order valence-corrected chi connectivity index (χ1v) is 4.77. The number of ether oxygens (including phenoxy) is 1. The molecule has 0 saturated heterocycles. The predicted molar refractivity (Wildman–Crippen MR) is 57.4 cm³/mol. The van der Waals surface area contributed by atoms with E-state index in [1.807, 2.05) is 20.9 Å². The largest absolute Gasteiger partial charge is 0.453 e.